The lowest BCUT2D eigenvalue weighted by Gasteiger charge is -2.28. The van der Waals surface area contributed by atoms with Crippen LogP contribution in [0.25, 0.3) is 0 Å². The Kier molecular flexibility index (Phi) is 6.81. The zero-order chi connectivity index (χ0) is 24.2. The summed E-state index contributed by atoms with van der Waals surface area (Å²) in [6.45, 7) is 10.3. The van der Waals surface area contributed by atoms with E-state index < -0.39 is 12.0 Å². The van der Waals surface area contributed by atoms with Gasteiger partial charge in [-0.15, -0.1) is 0 Å². The molecule has 1 N–H and O–H groups in total. The SMILES string of the molecule is CCOc1cc(C2C(C(=O)OC(C)C)=C(C)Nc3nnnn32)ccc1OCc1ccccc1C. The molecule has 0 fully saturated rings. The normalized spacial score (nSPS) is 15.1. The second kappa shape index (κ2) is 9.94. The molecule has 0 spiro atoms. The Balaban J connectivity index is 1.71. The topological polar surface area (TPSA) is 100 Å². The van der Waals surface area contributed by atoms with E-state index in [4.69, 9.17) is 14.2 Å². The van der Waals surface area contributed by atoms with E-state index in [1.807, 2.05) is 64.1 Å². The van der Waals surface area contributed by atoms with Crippen LogP contribution in [0.5, 0.6) is 11.5 Å². The number of fused-ring (bicyclic) bond motifs is 1. The molecule has 0 saturated carbocycles. The summed E-state index contributed by atoms with van der Waals surface area (Å²) in [4.78, 5) is 13.0. The number of benzene rings is 2. The number of hydrogen-bond donors (Lipinski definition) is 1. The van der Waals surface area contributed by atoms with Crippen LogP contribution in [0.3, 0.4) is 0 Å². The van der Waals surface area contributed by atoms with Gasteiger partial charge in [-0.1, -0.05) is 35.4 Å². The van der Waals surface area contributed by atoms with Gasteiger partial charge in [0.1, 0.15) is 12.6 Å². The third-order valence-corrected chi connectivity index (χ3v) is 5.50. The summed E-state index contributed by atoms with van der Waals surface area (Å²) in [5, 5.41) is 15.0. The lowest BCUT2D eigenvalue weighted by Crippen LogP contribution is -2.30. The molecule has 0 saturated heterocycles. The van der Waals surface area contributed by atoms with Crippen LogP contribution in [0.15, 0.2) is 53.7 Å². The molecule has 9 nitrogen and oxygen atoms in total. The van der Waals surface area contributed by atoms with Gasteiger partial charge < -0.3 is 19.5 Å². The van der Waals surface area contributed by atoms with Crippen molar-refractivity contribution in [1.29, 1.82) is 0 Å². The van der Waals surface area contributed by atoms with Crippen LogP contribution in [-0.4, -0.2) is 38.9 Å². The highest BCUT2D eigenvalue weighted by molar-refractivity contribution is 5.92. The van der Waals surface area contributed by atoms with Crippen molar-refractivity contribution in [3.8, 4) is 11.5 Å². The summed E-state index contributed by atoms with van der Waals surface area (Å²) >= 11 is 0. The van der Waals surface area contributed by atoms with E-state index in [1.54, 1.807) is 4.68 Å². The van der Waals surface area contributed by atoms with Crippen molar-refractivity contribution in [2.45, 2.75) is 53.4 Å². The van der Waals surface area contributed by atoms with E-state index in [0.717, 1.165) is 16.7 Å². The van der Waals surface area contributed by atoms with Crippen LogP contribution >= 0.6 is 0 Å². The quantitative estimate of drug-likeness (QED) is 0.496. The molecule has 34 heavy (non-hydrogen) atoms. The molecule has 1 aliphatic heterocycles. The molecular weight excluding hydrogens is 434 g/mol. The molecule has 1 atom stereocenters. The highest BCUT2D eigenvalue weighted by atomic mass is 16.5. The number of nitrogens with one attached hydrogen (secondary N) is 1. The van der Waals surface area contributed by atoms with Gasteiger partial charge in [-0.25, -0.2) is 4.79 Å². The van der Waals surface area contributed by atoms with Crippen LogP contribution in [-0.2, 0) is 16.1 Å². The number of rotatable bonds is 8. The van der Waals surface area contributed by atoms with Gasteiger partial charge in [0.05, 0.1) is 18.3 Å². The predicted octanol–water partition coefficient (Wildman–Crippen LogP) is 4.20. The van der Waals surface area contributed by atoms with Gasteiger partial charge in [0.25, 0.3) is 0 Å². The Morgan fingerprint density at radius 1 is 1.12 bits per heavy atom. The maximum Gasteiger partial charge on any atom is 0.338 e. The van der Waals surface area contributed by atoms with Crippen molar-refractivity contribution in [3.05, 3.63) is 70.4 Å². The molecule has 2 heterocycles. The van der Waals surface area contributed by atoms with E-state index in [2.05, 4.69) is 33.8 Å². The fraction of sp³-hybridized carbons (Fsp3) is 0.360. The fourth-order valence-electron chi connectivity index (χ4n) is 3.87. The molecule has 4 rings (SSSR count). The van der Waals surface area contributed by atoms with Crippen molar-refractivity contribution >= 4 is 11.9 Å². The first-order valence-corrected chi connectivity index (χ1v) is 11.3. The van der Waals surface area contributed by atoms with Crippen molar-refractivity contribution in [1.82, 2.24) is 20.2 Å². The smallest absolute Gasteiger partial charge is 0.338 e. The highest BCUT2D eigenvalue weighted by Gasteiger charge is 2.35. The summed E-state index contributed by atoms with van der Waals surface area (Å²) in [5.41, 5.74) is 4.10. The summed E-state index contributed by atoms with van der Waals surface area (Å²) in [6, 6.07) is 13.1. The maximum absolute atomic E-state index is 13.0. The average Bonchev–Trinajstić information content (AvgIpc) is 3.26. The van der Waals surface area contributed by atoms with Gasteiger partial charge in [-0.3, -0.25) is 0 Å². The van der Waals surface area contributed by atoms with Crippen LogP contribution in [0.4, 0.5) is 5.95 Å². The minimum atomic E-state index is -0.581. The number of allylic oxidation sites excluding steroid dienone is 1. The second-order valence-corrected chi connectivity index (χ2v) is 8.32. The fourth-order valence-corrected chi connectivity index (χ4v) is 3.87. The number of esters is 1. The second-order valence-electron chi connectivity index (χ2n) is 8.32. The molecule has 9 heteroatoms. The van der Waals surface area contributed by atoms with Crippen LogP contribution in [0, 0.1) is 6.92 Å². The minimum absolute atomic E-state index is 0.264. The van der Waals surface area contributed by atoms with Gasteiger partial charge in [0.15, 0.2) is 11.5 Å². The molecule has 0 radical (unpaired) electrons. The van der Waals surface area contributed by atoms with Crippen molar-refractivity contribution in [2.24, 2.45) is 0 Å². The first kappa shape index (κ1) is 23.3. The van der Waals surface area contributed by atoms with Gasteiger partial charge in [0, 0.05) is 5.70 Å². The molecule has 178 valence electrons. The lowest BCUT2D eigenvalue weighted by molar-refractivity contribution is -0.143. The van der Waals surface area contributed by atoms with Gasteiger partial charge in [-0.05, 0) is 73.9 Å². The van der Waals surface area contributed by atoms with E-state index in [0.29, 0.717) is 41.9 Å². The molecular formula is C25H29N5O4. The lowest BCUT2D eigenvalue weighted by atomic mass is 9.95. The number of aryl methyl sites for hydroxylation is 1. The number of nitrogens with zero attached hydrogens (tertiary/aromatic N) is 4. The number of hydrogen-bond acceptors (Lipinski definition) is 8. The van der Waals surface area contributed by atoms with E-state index >= 15 is 0 Å². The Hall–Kier alpha value is -3.88. The monoisotopic (exact) mass is 463 g/mol. The van der Waals surface area contributed by atoms with Crippen molar-refractivity contribution in [3.63, 3.8) is 0 Å². The van der Waals surface area contributed by atoms with Crippen molar-refractivity contribution in [2.75, 3.05) is 11.9 Å². The number of tetrazole rings is 1. The molecule has 3 aromatic rings. The number of ether oxygens (including phenoxy) is 3. The number of carbonyl (C=O) groups is 1. The van der Waals surface area contributed by atoms with E-state index in [-0.39, 0.29) is 6.10 Å². The van der Waals surface area contributed by atoms with E-state index in [9.17, 15) is 4.79 Å². The molecule has 1 aromatic heterocycles. The third kappa shape index (κ3) is 4.73. The Morgan fingerprint density at radius 3 is 2.65 bits per heavy atom. The summed E-state index contributed by atoms with van der Waals surface area (Å²) in [7, 11) is 0. The summed E-state index contributed by atoms with van der Waals surface area (Å²) in [6.07, 6.45) is -0.264. The first-order chi connectivity index (χ1) is 16.4. The molecule has 1 aliphatic rings. The standard InChI is InChI=1S/C25H29N5O4/c1-6-32-21-13-18(11-12-20(21)33-14-19-10-8-7-9-16(19)4)23-22(24(31)34-15(2)3)17(5)26-25-27-28-29-30(23)25/h7-13,15,23H,6,14H2,1-5H3,(H,26,27,29). The van der Waals surface area contributed by atoms with Crippen LogP contribution < -0.4 is 14.8 Å². The maximum atomic E-state index is 13.0. The number of anilines is 1. The zero-order valence-electron chi connectivity index (χ0n) is 20.0. The predicted molar refractivity (Wildman–Crippen MR) is 127 cm³/mol. The number of aromatic nitrogens is 4. The first-order valence-electron chi connectivity index (χ1n) is 11.3. The number of carbonyl (C=O) groups excluding carboxylic acids is 1. The Bertz CT molecular complexity index is 1220. The molecule has 0 bridgehead atoms. The molecule has 0 amide bonds. The highest BCUT2D eigenvalue weighted by Crippen LogP contribution is 2.39. The summed E-state index contributed by atoms with van der Waals surface area (Å²) in [5.74, 6) is 1.22. The summed E-state index contributed by atoms with van der Waals surface area (Å²) < 4.78 is 19.1. The third-order valence-electron chi connectivity index (χ3n) is 5.50. The Morgan fingerprint density at radius 2 is 1.91 bits per heavy atom. The Labute approximate surface area is 198 Å². The van der Waals surface area contributed by atoms with Gasteiger partial charge >= 0.3 is 5.97 Å². The molecule has 1 unspecified atom stereocenters. The molecule has 0 aliphatic carbocycles. The van der Waals surface area contributed by atoms with Crippen LogP contribution in [0.2, 0.25) is 0 Å². The van der Waals surface area contributed by atoms with Gasteiger partial charge in [-0.2, -0.15) is 4.68 Å². The van der Waals surface area contributed by atoms with Crippen LogP contribution in [0.1, 0.15) is 50.4 Å². The van der Waals surface area contributed by atoms with Crippen molar-refractivity contribution < 1.29 is 19.0 Å². The van der Waals surface area contributed by atoms with E-state index in [1.165, 1.54) is 0 Å². The minimum Gasteiger partial charge on any atom is -0.490 e. The molecule has 2 aromatic carbocycles. The largest absolute Gasteiger partial charge is 0.490 e. The van der Waals surface area contributed by atoms with Gasteiger partial charge in [0.2, 0.25) is 5.95 Å². The zero-order valence-corrected chi connectivity index (χ0v) is 20.0. The average molecular weight is 464 g/mol.